The first-order valence-corrected chi connectivity index (χ1v) is 20.0. The molecule has 14 nitrogen and oxygen atoms in total. The maximum atomic E-state index is 7.98. The van der Waals surface area contributed by atoms with Crippen molar-refractivity contribution >= 4 is 60.6 Å². The summed E-state index contributed by atoms with van der Waals surface area (Å²) in [5, 5.41) is 5.70. The fourth-order valence-electron chi connectivity index (χ4n) is 9.13. The van der Waals surface area contributed by atoms with Gasteiger partial charge in [-0.25, -0.2) is 42.8 Å². The van der Waals surface area contributed by atoms with Gasteiger partial charge in [0, 0.05) is 66.1 Å². The largest absolute Gasteiger partial charge is 0.326 e. The van der Waals surface area contributed by atoms with E-state index in [4.69, 9.17) is 4.11 Å². The minimum Gasteiger partial charge on any atom is -0.300 e. The Hall–Kier alpha value is -7.65. The molecule has 282 valence electrons. The van der Waals surface area contributed by atoms with Gasteiger partial charge in [-0.15, -0.1) is 0 Å². The van der Waals surface area contributed by atoms with Crippen molar-refractivity contribution in [2.45, 2.75) is 19.6 Å². The second kappa shape index (κ2) is 11.9. The first-order valence-electron chi connectivity index (χ1n) is 20.7. The molecule has 15 rings (SSSR count). The molecule has 0 N–H and O–H groups in total. The highest BCUT2D eigenvalue weighted by Crippen LogP contribution is 2.36. The molecule has 12 aromatic rings. The lowest BCUT2D eigenvalue weighted by Crippen LogP contribution is -2.31. The molecule has 0 amide bonds. The molecule has 0 bridgehead atoms. The Kier molecular flexibility index (Phi) is 5.98. The SMILES string of the molecule is Cn1c2[n+](c3c1cn1cccnc31)Cc1cccnc1-2.[2H]C([2H])([2H])n1c2[n+](c3c1cn1cccnc31)Cc1cccnc1-2.c1cnc2c(c1)C[n+]1c-2sc2cc3cccnn3c21. The molecule has 15 heterocycles. The monoisotopic (exact) mass is 792 g/mol. The quantitative estimate of drug-likeness (QED) is 0.192. The summed E-state index contributed by atoms with van der Waals surface area (Å²) >= 11 is 1.79. The Balaban J connectivity index is 0.0000000951. The van der Waals surface area contributed by atoms with E-state index in [1.54, 1.807) is 23.7 Å². The smallest absolute Gasteiger partial charge is 0.300 e. The fourth-order valence-corrected chi connectivity index (χ4v) is 10.3. The van der Waals surface area contributed by atoms with E-state index in [0.29, 0.717) is 17.9 Å². The van der Waals surface area contributed by atoms with Crippen LogP contribution < -0.4 is 13.7 Å². The molecule has 0 unspecified atom stereocenters. The third-order valence-electron chi connectivity index (χ3n) is 11.6. The lowest BCUT2D eigenvalue weighted by Gasteiger charge is -1.93. The van der Waals surface area contributed by atoms with E-state index in [9.17, 15) is 0 Å². The van der Waals surface area contributed by atoms with E-state index in [-0.39, 0.29) is 0 Å². The Bertz CT molecular complexity index is 3830. The van der Waals surface area contributed by atoms with Crippen LogP contribution in [0, 0.1) is 0 Å². The van der Waals surface area contributed by atoms with Crippen molar-refractivity contribution in [2.24, 2.45) is 14.0 Å². The lowest BCUT2D eigenvalue weighted by atomic mass is 10.2. The van der Waals surface area contributed by atoms with Gasteiger partial charge in [0.05, 0.1) is 36.7 Å². The first-order chi connectivity index (χ1) is 30.3. The van der Waals surface area contributed by atoms with E-state index in [1.807, 2.05) is 99.3 Å². The number of hydrogen-bond acceptors (Lipinski definition) is 7. The van der Waals surface area contributed by atoms with Crippen LogP contribution >= 0.6 is 11.3 Å². The molecule has 0 spiro atoms. The minimum atomic E-state index is -2.29. The van der Waals surface area contributed by atoms with Gasteiger partial charge in [-0.3, -0.25) is 4.98 Å². The predicted octanol–water partition coefficient (Wildman–Crippen LogP) is 5.33. The van der Waals surface area contributed by atoms with Crippen molar-refractivity contribution in [2.75, 3.05) is 0 Å². The van der Waals surface area contributed by atoms with E-state index < -0.39 is 6.98 Å². The average molecular weight is 793 g/mol. The summed E-state index contributed by atoms with van der Waals surface area (Å²) in [6, 6.07) is 22.2. The fraction of sp³-hybridized carbons (Fsp3) is 0.114. The molecule has 0 radical (unpaired) electrons. The van der Waals surface area contributed by atoms with Gasteiger partial charge in [-0.1, -0.05) is 39.1 Å². The molecule has 0 atom stereocenters. The average Bonchev–Trinajstić information content (AvgIpc) is 4.15. The van der Waals surface area contributed by atoms with Gasteiger partial charge >= 0.3 is 17.3 Å². The molecule has 59 heavy (non-hydrogen) atoms. The lowest BCUT2D eigenvalue weighted by molar-refractivity contribution is -0.645. The van der Waals surface area contributed by atoms with Crippen molar-refractivity contribution in [3.05, 3.63) is 145 Å². The molecule has 0 fully saturated rings. The summed E-state index contributed by atoms with van der Waals surface area (Å²) in [4.78, 5) is 22.4. The number of hydrogen-bond donors (Lipinski definition) is 0. The zero-order chi connectivity index (χ0) is 41.4. The summed E-state index contributed by atoms with van der Waals surface area (Å²) in [6.07, 6.45) is 18.7. The Labute approximate surface area is 342 Å². The summed E-state index contributed by atoms with van der Waals surface area (Å²) < 4.78 is 41.4. The standard InChI is InChI=1S/2C15H12N5.C14H9N4S/c2*1-18-11-9-19-7-3-6-17-14(19)13(11)20-8-10-4-2-5-16-12(10)15(18)20;1-3-9-8-17-13-11(19-14(17)12(9)15-5-1)7-10-4-2-6-16-18(10)13/h2*2-7,9H,8H2,1H3;1-7H,8H2/q3*+1/i1D3;;. The number of imidazole rings is 2. The van der Waals surface area contributed by atoms with Crippen LogP contribution in [0.5, 0.6) is 0 Å². The van der Waals surface area contributed by atoms with Crippen LogP contribution in [0.3, 0.4) is 0 Å². The number of fused-ring (bicyclic) bond motifs is 21. The van der Waals surface area contributed by atoms with Gasteiger partial charge in [0.2, 0.25) is 16.0 Å². The van der Waals surface area contributed by atoms with Gasteiger partial charge in [-0.2, -0.15) is 0 Å². The molecule has 15 heteroatoms. The summed E-state index contributed by atoms with van der Waals surface area (Å²) in [7, 11) is 2.09. The van der Waals surface area contributed by atoms with Crippen molar-refractivity contribution in [1.82, 2.24) is 52.5 Å². The number of pyridine rings is 3. The van der Waals surface area contributed by atoms with Crippen LogP contribution in [0.25, 0.3) is 83.0 Å². The molecule has 0 aromatic carbocycles. The van der Waals surface area contributed by atoms with Gasteiger partial charge in [-0.05, 0) is 42.5 Å². The third-order valence-corrected chi connectivity index (χ3v) is 12.8. The van der Waals surface area contributed by atoms with Crippen LogP contribution in [-0.2, 0) is 33.7 Å². The molecular formula is C44H33N14S+3. The van der Waals surface area contributed by atoms with Gasteiger partial charge < -0.3 is 8.80 Å². The summed E-state index contributed by atoms with van der Waals surface area (Å²) in [5.41, 5.74) is 14.4. The molecular weight excluding hydrogens is 757 g/mol. The van der Waals surface area contributed by atoms with E-state index in [0.717, 1.165) is 58.1 Å². The van der Waals surface area contributed by atoms with Gasteiger partial charge in [0.25, 0.3) is 0 Å². The number of rotatable bonds is 0. The number of thiazole rings is 1. The van der Waals surface area contributed by atoms with Crippen LogP contribution in [0.15, 0.2) is 129 Å². The molecule has 12 aromatic heterocycles. The predicted molar refractivity (Wildman–Crippen MR) is 221 cm³/mol. The number of aromatic nitrogens is 14. The number of nitrogens with zero attached hydrogens (tertiary/aromatic N) is 14. The molecule has 0 saturated heterocycles. The van der Waals surface area contributed by atoms with E-state index in [1.165, 1.54) is 47.9 Å². The van der Waals surface area contributed by atoms with Crippen LogP contribution in [0.1, 0.15) is 20.8 Å². The van der Waals surface area contributed by atoms with E-state index in [2.05, 4.69) is 85.6 Å². The Morgan fingerprint density at radius 3 is 1.80 bits per heavy atom. The second-order valence-corrected chi connectivity index (χ2v) is 15.9. The zero-order valence-corrected chi connectivity index (χ0v) is 32.2. The van der Waals surface area contributed by atoms with Crippen molar-refractivity contribution < 1.29 is 17.8 Å². The second-order valence-electron chi connectivity index (χ2n) is 14.9. The maximum Gasteiger partial charge on any atom is 0.326 e. The van der Waals surface area contributed by atoms with Gasteiger partial charge in [0.15, 0.2) is 39.2 Å². The van der Waals surface area contributed by atoms with Crippen LogP contribution in [-0.4, -0.2) is 52.5 Å². The van der Waals surface area contributed by atoms with E-state index >= 15 is 0 Å². The highest BCUT2D eigenvalue weighted by Gasteiger charge is 2.37. The third kappa shape index (κ3) is 4.47. The highest BCUT2D eigenvalue weighted by molar-refractivity contribution is 7.21. The molecule has 0 saturated carbocycles. The first kappa shape index (κ1) is 29.6. The normalized spacial score (nSPS) is 14.0. The topological polar surface area (TPSA) is 112 Å². The van der Waals surface area contributed by atoms with Gasteiger partial charge in [0.1, 0.15) is 30.0 Å². The van der Waals surface area contributed by atoms with Crippen LogP contribution in [0.4, 0.5) is 0 Å². The summed E-state index contributed by atoms with van der Waals surface area (Å²) in [5.74, 6) is 1.79. The molecule has 0 aliphatic carbocycles. The Morgan fingerprint density at radius 2 is 1.15 bits per heavy atom. The van der Waals surface area contributed by atoms with Crippen molar-refractivity contribution in [1.29, 1.82) is 0 Å². The minimum absolute atomic E-state index is 0.605. The van der Waals surface area contributed by atoms with Crippen molar-refractivity contribution in [3.8, 4) is 33.7 Å². The van der Waals surface area contributed by atoms with Crippen LogP contribution in [0.2, 0.25) is 0 Å². The maximum absolute atomic E-state index is 7.98. The molecule has 3 aliphatic rings. The number of aryl methyl sites for hydroxylation is 2. The summed E-state index contributed by atoms with van der Waals surface area (Å²) in [6.45, 7) is 0.0739. The molecule has 3 aliphatic heterocycles. The van der Waals surface area contributed by atoms with Crippen molar-refractivity contribution in [3.63, 3.8) is 0 Å². The Morgan fingerprint density at radius 1 is 0.610 bits per heavy atom. The zero-order valence-electron chi connectivity index (χ0n) is 34.4. The highest BCUT2D eigenvalue weighted by atomic mass is 32.1.